The maximum absolute atomic E-state index is 13.2. The van der Waals surface area contributed by atoms with Gasteiger partial charge in [-0.3, -0.25) is 9.59 Å². The molecule has 148 valence electrons. The molecule has 0 spiro atoms. The second kappa shape index (κ2) is 8.63. The van der Waals surface area contributed by atoms with E-state index in [0.29, 0.717) is 13.0 Å². The molecule has 1 aromatic heterocycles. The van der Waals surface area contributed by atoms with Gasteiger partial charge in [-0.15, -0.1) is 0 Å². The van der Waals surface area contributed by atoms with Crippen LogP contribution < -0.4 is 5.32 Å². The lowest BCUT2D eigenvalue weighted by atomic mass is 9.92. The number of hydrogen-bond donors (Lipinski definition) is 1. The molecule has 0 saturated heterocycles. The quantitative estimate of drug-likeness (QED) is 0.873. The monoisotopic (exact) mass is 380 g/mol. The second-order valence-electron chi connectivity index (χ2n) is 7.95. The van der Waals surface area contributed by atoms with Crippen molar-refractivity contribution >= 4 is 11.8 Å². The topological polar surface area (TPSA) is 62.6 Å². The Labute approximate surface area is 166 Å². The first-order chi connectivity index (χ1) is 13.7. The zero-order valence-corrected chi connectivity index (χ0v) is 16.2. The Bertz CT molecular complexity index is 807. The fourth-order valence-electron chi connectivity index (χ4n) is 4.41. The lowest BCUT2D eigenvalue weighted by Crippen LogP contribution is -2.54. The van der Waals surface area contributed by atoms with Crippen molar-refractivity contribution in [2.75, 3.05) is 0 Å². The molecule has 2 aliphatic rings. The minimum Gasteiger partial charge on any atom is -0.459 e. The zero-order chi connectivity index (χ0) is 19.3. The number of nitrogens with one attached hydrogen (secondary N) is 1. The third-order valence-electron chi connectivity index (χ3n) is 6.00. The molecule has 0 radical (unpaired) electrons. The van der Waals surface area contributed by atoms with Crippen molar-refractivity contribution in [1.29, 1.82) is 0 Å². The summed E-state index contributed by atoms with van der Waals surface area (Å²) in [5, 5.41) is 3.25. The summed E-state index contributed by atoms with van der Waals surface area (Å²) in [5.41, 5.74) is 2.24. The third kappa shape index (κ3) is 4.13. The molecule has 28 heavy (non-hydrogen) atoms. The van der Waals surface area contributed by atoms with Crippen LogP contribution >= 0.6 is 0 Å². The molecule has 1 atom stereocenters. The van der Waals surface area contributed by atoms with Crippen molar-refractivity contribution in [1.82, 2.24) is 10.2 Å². The van der Waals surface area contributed by atoms with E-state index in [2.05, 4.69) is 11.4 Å². The van der Waals surface area contributed by atoms with Crippen molar-refractivity contribution in [3.63, 3.8) is 0 Å². The molecule has 1 saturated carbocycles. The van der Waals surface area contributed by atoms with Crippen molar-refractivity contribution in [2.45, 2.75) is 70.0 Å². The first kappa shape index (κ1) is 18.8. The van der Waals surface area contributed by atoms with Gasteiger partial charge in [0.25, 0.3) is 5.91 Å². The molecule has 1 fully saturated rings. The molecule has 5 heteroatoms. The van der Waals surface area contributed by atoms with Gasteiger partial charge < -0.3 is 14.6 Å². The third-order valence-corrected chi connectivity index (χ3v) is 6.00. The second-order valence-corrected chi connectivity index (χ2v) is 7.95. The number of nitrogens with zero attached hydrogens (tertiary/aromatic N) is 1. The Morgan fingerprint density at radius 3 is 2.36 bits per heavy atom. The van der Waals surface area contributed by atoms with Gasteiger partial charge in [0.05, 0.1) is 6.26 Å². The first-order valence-corrected chi connectivity index (χ1v) is 10.4. The summed E-state index contributed by atoms with van der Waals surface area (Å²) in [5.74, 6) is 0.0143. The van der Waals surface area contributed by atoms with Crippen LogP contribution in [-0.4, -0.2) is 28.8 Å². The summed E-state index contributed by atoms with van der Waals surface area (Å²) in [6.45, 7) is 0.429. The van der Waals surface area contributed by atoms with Crippen molar-refractivity contribution < 1.29 is 14.0 Å². The van der Waals surface area contributed by atoms with E-state index in [1.54, 1.807) is 17.0 Å². The van der Waals surface area contributed by atoms with E-state index in [1.165, 1.54) is 25.5 Å². The number of hydrogen-bond acceptors (Lipinski definition) is 3. The van der Waals surface area contributed by atoms with Crippen LogP contribution in [0.25, 0.3) is 0 Å². The Morgan fingerprint density at radius 2 is 1.64 bits per heavy atom. The van der Waals surface area contributed by atoms with Gasteiger partial charge in [-0.05, 0) is 36.1 Å². The SMILES string of the molecule is O=C(NC1CCCCCCC1)C1Cc2ccccc2CN1C(=O)c1ccco1. The maximum Gasteiger partial charge on any atom is 0.290 e. The van der Waals surface area contributed by atoms with E-state index in [0.717, 1.165) is 36.8 Å². The van der Waals surface area contributed by atoms with Gasteiger partial charge in [-0.25, -0.2) is 0 Å². The maximum atomic E-state index is 13.2. The van der Waals surface area contributed by atoms with Gasteiger partial charge in [0, 0.05) is 19.0 Å². The zero-order valence-electron chi connectivity index (χ0n) is 16.2. The molecule has 2 amide bonds. The van der Waals surface area contributed by atoms with Crippen LogP contribution in [0.2, 0.25) is 0 Å². The van der Waals surface area contributed by atoms with Gasteiger partial charge in [0.15, 0.2) is 5.76 Å². The van der Waals surface area contributed by atoms with Crippen LogP contribution in [0.4, 0.5) is 0 Å². The summed E-state index contributed by atoms with van der Waals surface area (Å²) in [4.78, 5) is 27.9. The fraction of sp³-hybridized carbons (Fsp3) is 0.478. The number of fused-ring (bicyclic) bond motifs is 1. The van der Waals surface area contributed by atoms with Crippen LogP contribution in [-0.2, 0) is 17.8 Å². The number of furan rings is 1. The number of carbonyl (C=O) groups excluding carboxylic acids is 2. The summed E-state index contributed by atoms with van der Waals surface area (Å²) in [6.07, 6.45) is 10.2. The molecule has 1 N–H and O–H groups in total. The van der Waals surface area contributed by atoms with Crippen molar-refractivity contribution in [3.8, 4) is 0 Å². The highest BCUT2D eigenvalue weighted by atomic mass is 16.3. The van der Waals surface area contributed by atoms with Crippen LogP contribution in [0.15, 0.2) is 47.1 Å². The molecule has 1 aliphatic heterocycles. The van der Waals surface area contributed by atoms with Gasteiger partial charge in [0.1, 0.15) is 6.04 Å². The minimum absolute atomic E-state index is 0.0417. The largest absolute Gasteiger partial charge is 0.459 e. The van der Waals surface area contributed by atoms with Crippen molar-refractivity contribution in [2.24, 2.45) is 0 Å². The van der Waals surface area contributed by atoms with E-state index in [-0.39, 0.29) is 23.6 Å². The molecule has 1 aliphatic carbocycles. The number of amides is 2. The first-order valence-electron chi connectivity index (χ1n) is 10.4. The highest BCUT2D eigenvalue weighted by molar-refractivity contribution is 5.96. The molecule has 2 heterocycles. The highest BCUT2D eigenvalue weighted by Crippen LogP contribution is 2.26. The molecule has 2 aromatic rings. The molecule has 1 aromatic carbocycles. The van der Waals surface area contributed by atoms with Gasteiger partial charge >= 0.3 is 0 Å². The molecular formula is C23H28N2O3. The smallest absolute Gasteiger partial charge is 0.290 e. The minimum atomic E-state index is -0.502. The molecular weight excluding hydrogens is 352 g/mol. The molecule has 5 nitrogen and oxygen atoms in total. The summed E-state index contributed by atoms with van der Waals surface area (Å²) < 4.78 is 5.32. The van der Waals surface area contributed by atoms with E-state index >= 15 is 0 Å². The number of benzene rings is 1. The van der Waals surface area contributed by atoms with Crippen LogP contribution in [0.1, 0.15) is 66.6 Å². The van der Waals surface area contributed by atoms with Gasteiger partial charge in [-0.2, -0.15) is 0 Å². The predicted octanol–water partition coefficient (Wildman–Crippen LogP) is 4.08. The molecule has 0 bridgehead atoms. The van der Waals surface area contributed by atoms with Crippen LogP contribution in [0, 0.1) is 0 Å². The van der Waals surface area contributed by atoms with Gasteiger partial charge in [-0.1, -0.05) is 56.4 Å². The summed E-state index contributed by atoms with van der Waals surface area (Å²) in [7, 11) is 0. The van der Waals surface area contributed by atoms with Gasteiger partial charge in [0.2, 0.25) is 5.91 Å². The molecule has 1 unspecified atom stereocenters. The van der Waals surface area contributed by atoms with E-state index < -0.39 is 6.04 Å². The number of rotatable bonds is 3. The lowest BCUT2D eigenvalue weighted by molar-refractivity contribution is -0.127. The highest BCUT2D eigenvalue weighted by Gasteiger charge is 2.36. The van der Waals surface area contributed by atoms with E-state index in [9.17, 15) is 9.59 Å². The Hall–Kier alpha value is -2.56. The lowest BCUT2D eigenvalue weighted by Gasteiger charge is -2.36. The number of carbonyl (C=O) groups is 2. The average Bonchev–Trinajstić information content (AvgIpc) is 3.23. The fourth-order valence-corrected chi connectivity index (χ4v) is 4.41. The van der Waals surface area contributed by atoms with E-state index in [4.69, 9.17) is 4.42 Å². The van der Waals surface area contributed by atoms with Crippen LogP contribution in [0.5, 0.6) is 0 Å². The van der Waals surface area contributed by atoms with Crippen LogP contribution in [0.3, 0.4) is 0 Å². The average molecular weight is 380 g/mol. The molecule has 4 rings (SSSR count). The predicted molar refractivity (Wildman–Crippen MR) is 107 cm³/mol. The Kier molecular flexibility index (Phi) is 5.79. The standard InChI is InChI=1S/C23H28N2O3/c26-22(24-19-11-4-2-1-3-5-12-19)20-15-17-9-6-7-10-18(17)16-25(20)23(27)21-13-8-14-28-21/h6-10,13-14,19-20H,1-5,11-12,15-16H2,(H,24,26). The normalized spacial score (nSPS) is 20.7. The summed E-state index contributed by atoms with van der Waals surface area (Å²) >= 11 is 0. The van der Waals surface area contributed by atoms with Crippen molar-refractivity contribution in [3.05, 3.63) is 59.5 Å². The Morgan fingerprint density at radius 1 is 0.929 bits per heavy atom. The summed E-state index contributed by atoms with van der Waals surface area (Å²) in [6, 6.07) is 11.1. The Balaban J connectivity index is 1.54. The van der Waals surface area contributed by atoms with E-state index in [1.807, 2.05) is 18.2 Å².